The van der Waals surface area contributed by atoms with Gasteiger partial charge in [0.25, 0.3) is 5.78 Å². The number of rotatable bonds is 2. The van der Waals surface area contributed by atoms with Crippen molar-refractivity contribution in [2.45, 2.75) is 0 Å². The molecule has 7 heteroatoms. The number of H-pyrrole nitrogens is 1. The van der Waals surface area contributed by atoms with E-state index in [-0.39, 0.29) is 17.3 Å². The Hall–Kier alpha value is -2.70. The Bertz CT molecular complexity index is 715. The quantitative estimate of drug-likeness (QED) is 0.718. The van der Waals surface area contributed by atoms with Crippen LogP contribution in [0.4, 0.5) is 4.39 Å². The van der Waals surface area contributed by atoms with Crippen molar-refractivity contribution in [1.82, 2.24) is 19.6 Å². The van der Waals surface area contributed by atoms with Crippen LogP contribution in [0.25, 0.3) is 17.2 Å². The van der Waals surface area contributed by atoms with E-state index in [0.29, 0.717) is 11.4 Å². The second-order valence-electron chi connectivity index (χ2n) is 3.68. The Morgan fingerprint density at radius 1 is 1.39 bits per heavy atom. The van der Waals surface area contributed by atoms with Crippen LogP contribution < -0.4 is 0 Å². The number of nitrogens with zero attached hydrogens (tertiary/aromatic N) is 3. The molecule has 2 heterocycles. The molecule has 0 unspecified atom stereocenters. The Labute approximate surface area is 99.7 Å². The van der Waals surface area contributed by atoms with E-state index >= 15 is 0 Å². The molecule has 90 valence electrons. The lowest BCUT2D eigenvalue weighted by Gasteiger charge is -1.95. The van der Waals surface area contributed by atoms with Gasteiger partial charge in [0.1, 0.15) is 5.82 Å². The van der Waals surface area contributed by atoms with E-state index in [4.69, 9.17) is 5.11 Å². The molecular formula is C11H7FN4O2. The molecular weight excluding hydrogens is 239 g/mol. The van der Waals surface area contributed by atoms with Gasteiger partial charge in [0, 0.05) is 5.56 Å². The van der Waals surface area contributed by atoms with Gasteiger partial charge in [-0.1, -0.05) is 12.1 Å². The van der Waals surface area contributed by atoms with Crippen molar-refractivity contribution in [3.63, 3.8) is 0 Å². The van der Waals surface area contributed by atoms with Crippen LogP contribution in [0.5, 0.6) is 0 Å². The molecule has 1 aromatic carbocycles. The van der Waals surface area contributed by atoms with Gasteiger partial charge >= 0.3 is 5.97 Å². The van der Waals surface area contributed by atoms with Gasteiger partial charge in [0.2, 0.25) is 0 Å². The van der Waals surface area contributed by atoms with Gasteiger partial charge in [0.05, 0.1) is 6.20 Å². The SMILES string of the molecule is O=C(O)c1cn2[nH]c(-c3cccc(F)c3)nc2n1. The van der Waals surface area contributed by atoms with Crippen molar-refractivity contribution in [2.75, 3.05) is 0 Å². The second kappa shape index (κ2) is 3.66. The highest BCUT2D eigenvalue weighted by Crippen LogP contribution is 2.17. The molecule has 0 aliphatic carbocycles. The zero-order valence-corrected chi connectivity index (χ0v) is 8.96. The van der Waals surface area contributed by atoms with Crippen molar-refractivity contribution < 1.29 is 14.3 Å². The van der Waals surface area contributed by atoms with Crippen molar-refractivity contribution in [3.8, 4) is 11.4 Å². The topological polar surface area (TPSA) is 83.3 Å². The average molecular weight is 246 g/mol. The molecule has 0 bridgehead atoms. The summed E-state index contributed by atoms with van der Waals surface area (Å²) in [6.07, 6.45) is 1.31. The minimum absolute atomic E-state index is 0.0976. The zero-order chi connectivity index (χ0) is 12.7. The van der Waals surface area contributed by atoms with Crippen LogP contribution in [0.3, 0.4) is 0 Å². The minimum atomic E-state index is -1.12. The van der Waals surface area contributed by atoms with Crippen LogP contribution in [0.1, 0.15) is 10.5 Å². The summed E-state index contributed by atoms with van der Waals surface area (Å²) in [6, 6.07) is 5.93. The van der Waals surface area contributed by atoms with Gasteiger partial charge in [-0.25, -0.2) is 18.7 Å². The zero-order valence-electron chi connectivity index (χ0n) is 8.96. The predicted molar refractivity (Wildman–Crippen MR) is 59.7 cm³/mol. The third-order valence-corrected chi connectivity index (χ3v) is 2.44. The Morgan fingerprint density at radius 3 is 2.89 bits per heavy atom. The molecule has 0 amide bonds. The summed E-state index contributed by atoms with van der Waals surface area (Å²) >= 11 is 0. The summed E-state index contributed by atoms with van der Waals surface area (Å²) in [7, 11) is 0. The maximum absolute atomic E-state index is 13.1. The number of carbonyl (C=O) groups is 1. The number of nitrogens with one attached hydrogen (secondary N) is 1. The fourth-order valence-electron chi connectivity index (χ4n) is 1.64. The summed E-state index contributed by atoms with van der Waals surface area (Å²) < 4.78 is 14.4. The minimum Gasteiger partial charge on any atom is -0.476 e. The van der Waals surface area contributed by atoms with Gasteiger partial charge in [-0.3, -0.25) is 5.10 Å². The first kappa shape index (κ1) is 10.5. The summed E-state index contributed by atoms with van der Waals surface area (Å²) in [5.41, 5.74) is 0.469. The van der Waals surface area contributed by atoms with Crippen LogP contribution in [0.2, 0.25) is 0 Å². The summed E-state index contributed by atoms with van der Waals surface area (Å²) in [6.45, 7) is 0. The first-order valence-electron chi connectivity index (χ1n) is 5.08. The first-order valence-corrected chi connectivity index (χ1v) is 5.08. The van der Waals surface area contributed by atoms with E-state index in [1.807, 2.05) is 0 Å². The number of benzene rings is 1. The molecule has 18 heavy (non-hydrogen) atoms. The fourth-order valence-corrected chi connectivity index (χ4v) is 1.64. The smallest absolute Gasteiger partial charge is 0.356 e. The standard InChI is InChI=1S/C11H7FN4O2/c12-7-3-1-2-6(4-7)9-14-11-13-8(10(17)18)5-16(11)15-9/h1-5H,(H,17,18)(H,13,14,15). The van der Waals surface area contributed by atoms with Gasteiger partial charge in [-0.05, 0) is 12.1 Å². The summed E-state index contributed by atoms with van der Waals surface area (Å²) in [4.78, 5) is 18.6. The normalized spacial score (nSPS) is 10.9. The number of halogens is 1. The van der Waals surface area contributed by atoms with Crippen molar-refractivity contribution >= 4 is 11.7 Å². The lowest BCUT2D eigenvalue weighted by molar-refractivity contribution is 0.0691. The number of aromatic carboxylic acids is 1. The monoisotopic (exact) mass is 246 g/mol. The molecule has 0 fully saturated rings. The van der Waals surface area contributed by atoms with E-state index in [1.165, 1.54) is 22.8 Å². The van der Waals surface area contributed by atoms with Crippen molar-refractivity contribution in [2.24, 2.45) is 0 Å². The van der Waals surface area contributed by atoms with E-state index in [1.54, 1.807) is 12.1 Å². The molecule has 0 saturated carbocycles. The van der Waals surface area contributed by atoms with E-state index in [0.717, 1.165) is 0 Å². The maximum atomic E-state index is 13.1. The Balaban J connectivity index is 2.09. The number of hydrogen-bond donors (Lipinski definition) is 2. The molecule has 3 aromatic rings. The van der Waals surface area contributed by atoms with Crippen molar-refractivity contribution in [1.29, 1.82) is 0 Å². The van der Waals surface area contributed by atoms with Crippen LogP contribution in [-0.2, 0) is 0 Å². The summed E-state index contributed by atoms with van der Waals surface area (Å²) in [5.74, 6) is -0.838. The Kier molecular flexibility index (Phi) is 2.12. The highest BCUT2D eigenvalue weighted by molar-refractivity contribution is 5.85. The largest absolute Gasteiger partial charge is 0.476 e. The fraction of sp³-hybridized carbons (Fsp3) is 0. The van der Waals surface area contributed by atoms with Gasteiger partial charge < -0.3 is 5.11 Å². The van der Waals surface area contributed by atoms with Crippen molar-refractivity contribution in [3.05, 3.63) is 42.0 Å². The number of aromatic amines is 1. The third-order valence-electron chi connectivity index (χ3n) is 2.44. The number of imidazole rings is 1. The first-order chi connectivity index (χ1) is 8.63. The molecule has 3 rings (SSSR count). The lowest BCUT2D eigenvalue weighted by atomic mass is 10.2. The number of aromatic nitrogens is 4. The molecule has 0 atom stereocenters. The third kappa shape index (κ3) is 1.61. The lowest BCUT2D eigenvalue weighted by Crippen LogP contribution is -1.96. The molecule has 0 saturated heterocycles. The van der Waals surface area contributed by atoms with Crippen LogP contribution in [-0.4, -0.2) is 30.7 Å². The number of hydrogen-bond acceptors (Lipinski definition) is 3. The molecule has 0 radical (unpaired) electrons. The van der Waals surface area contributed by atoms with Crippen LogP contribution >= 0.6 is 0 Å². The molecule has 0 spiro atoms. The predicted octanol–water partition coefficient (Wildman–Crippen LogP) is 1.56. The van der Waals surface area contributed by atoms with Crippen LogP contribution in [0.15, 0.2) is 30.5 Å². The van der Waals surface area contributed by atoms with Gasteiger partial charge in [0.15, 0.2) is 11.5 Å². The Morgan fingerprint density at radius 2 is 2.22 bits per heavy atom. The van der Waals surface area contributed by atoms with Gasteiger partial charge in [-0.15, -0.1) is 0 Å². The van der Waals surface area contributed by atoms with Crippen LogP contribution in [0, 0.1) is 5.82 Å². The molecule has 2 aromatic heterocycles. The highest BCUT2D eigenvalue weighted by atomic mass is 19.1. The number of fused-ring (bicyclic) bond motifs is 1. The second-order valence-corrected chi connectivity index (χ2v) is 3.68. The van der Waals surface area contributed by atoms with E-state index in [9.17, 15) is 9.18 Å². The van der Waals surface area contributed by atoms with E-state index < -0.39 is 5.97 Å². The molecule has 6 nitrogen and oxygen atoms in total. The highest BCUT2D eigenvalue weighted by Gasteiger charge is 2.12. The number of carboxylic acid groups (broad SMARTS) is 1. The van der Waals surface area contributed by atoms with E-state index in [2.05, 4.69) is 15.1 Å². The van der Waals surface area contributed by atoms with Gasteiger partial charge in [-0.2, -0.15) is 4.98 Å². The number of carboxylic acids is 1. The maximum Gasteiger partial charge on any atom is 0.356 e. The molecule has 0 aliphatic heterocycles. The summed E-state index contributed by atoms with van der Waals surface area (Å²) in [5, 5.41) is 11.6. The average Bonchev–Trinajstić information content (AvgIpc) is 2.86. The molecule has 2 N–H and O–H groups in total. The molecule has 0 aliphatic rings.